The lowest BCUT2D eigenvalue weighted by Crippen LogP contribution is -2.26. The summed E-state index contributed by atoms with van der Waals surface area (Å²) in [5, 5.41) is 11.1. The Labute approximate surface area is 129 Å². The van der Waals surface area contributed by atoms with Crippen LogP contribution in [0.1, 0.15) is 50.1 Å². The molecule has 0 bridgehead atoms. The van der Waals surface area contributed by atoms with Crippen molar-refractivity contribution in [2.45, 2.75) is 46.2 Å². The third-order valence-electron chi connectivity index (χ3n) is 3.45. The van der Waals surface area contributed by atoms with E-state index < -0.39 is 0 Å². The molecular formula is C15H21N5O2. The molecular weight excluding hydrogens is 282 g/mol. The zero-order valence-electron chi connectivity index (χ0n) is 13.1. The summed E-state index contributed by atoms with van der Waals surface area (Å²) >= 11 is 0. The molecule has 7 nitrogen and oxygen atoms in total. The first-order chi connectivity index (χ1) is 10.6. The maximum absolute atomic E-state index is 12.3. The molecule has 1 unspecified atom stereocenters. The number of carbonyl (C=O) groups excluding carboxylic acids is 1. The van der Waals surface area contributed by atoms with Crippen LogP contribution in [0, 0.1) is 0 Å². The molecule has 2 aromatic rings. The first-order valence-corrected chi connectivity index (χ1v) is 7.49. The summed E-state index contributed by atoms with van der Waals surface area (Å²) in [5.74, 6) is 0.268. The standard InChI is InChI=1S/C15H21N5O2/c1-4-10-19-14(21)7-6-12(18-19)15(22)17-13-8-9-16-20(13)11(3)5-2/h6-9,11H,4-5,10H2,1-3H3,(H,17,22). The van der Waals surface area contributed by atoms with Crippen molar-refractivity contribution in [3.8, 4) is 0 Å². The van der Waals surface area contributed by atoms with E-state index >= 15 is 0 Å². The van der Waals surface area contributed by atoms with Crippen LogP contribution in [0.3, 0.4) is 0 Å². The van der Waals surface area contributed by atoms with Gasteiger partial charge in [-0.1, -0.05) is 13.8 Å². The number of nitrogens with zero attached hydrogens (tertiary/aromatic N) is 4. The van der Waals surface area contributed by atoms with Crippen LogP contribution in [0.25, 0.3) is 0 Å². The van der Waals surface area contributed by atoms with E-state index in [-0.39, 0.29) is 23.2 Å². The quantitative estimate of drug-likeness (QED) is 0.885. The molecule has 118 valence electrons. The molecule has 1 atom stereocenters. The predicted molar refractivity (Wildman–Crippen MR) is 84.0 cm³/mol. The minimum atomic E-state index is -0.352. The van der Waals surface area contributed by atoms with Crippen molar-refractivity contribution in [2.24, 2.45) is 0 Å². The molecule has 0 saturated heterocycles. The molecule has 0 aliphatic rings. The number of rotatable bonds is 6. The third kappa shape index (κ3) is 3.41. The van der Waals surface area contributed by atoms with Gasteiger partial charge in [-0.15, -0.1) is 0 Å². The maximum atomic E-state index is 12.3. The number of nitrogens with one attached hydrogen (secondary N) is 1. The molecule has 0 aliphatic heterocycles. The van der Waals surface area contributed by atoms with Gasteiger partial charge in [0.1, 0.15) is 11.5 Å². The van der Waals surface area contributed by atoms with E-state index in [4.69, 9.17) is 0 Å². The Balaban J connectivity index is 2.21. The highest BCUT2D eigenvalue weighted by Gasteiger charge is 2.14. The Morgan fingerprint density at radius 2 is 2.09 bits per heavy atom. The number of anilines is 1. The fourth-order valence-electron chi connectivity index (χ4n) is 2.06. The summed E-state index contributed by atoms with van der Waals surface area (Å²) in [6.45, 7) is 6.53. The largest absolute Gasteiger partial charge is 0.305 e. The second kappa shape index (κ2) is 7.02. The average Bonchev–Trinajstić information content (AvgIpc) is 2.97. The third-order valence-corrected chi connectivity index (χ3v) is 3.45. The number of amides is 1. The van der Waals surface area contributed by atoms with Gasteiger partial charge in [-0.3, -0.25) is 9.59 Å². The summed E-state index contributed by atoms with van der Waals surface area (Å²) in [7, 11) is 0. The van der Waals surface area contributed by atoms with Gasteiger partial charge >= 0.3 is 0 Å². The molecule has 1 amide bonds. The van der Waals surface area contributed by atoms with Gasteiger partial charge in [-0.25, -0.2) is 9.36 Å². The summed E-state index contributed by atoms with van der Waals surface area (Å²) in [6, 6.07) is 4.73. The van der Waals surface area contributed by atoms with Crippen molar-refractivity contribution in [3.05, 3.63) is 40.4 Å². The van der Waals surface area contributed by atoms with Crippen molar-refractivity contribution in [3.63, 3.8) is 0 Å². The Morgan fingerprint density at radius 3 is 2.77 bits per heavy atom. The van der Waals surface area contributed by atoms with E-state index in [1.807, 2.05) is 13.8 Å². The van der Waals surface area contributed by atoms with Crippen LogP contribution in [0.2, 0.25) is 0 Å². The van der Waals surface area contributed by atoms with Crippen molar-refractivity contribution in [1.82, 2.24) is 19.6 Å². The molecule has 2 aromatic heterocycles. The number of aromatic nitrogens is 4. The topological polar surface area (TPSA) is 81.8 Å². The summed E-state index contributed by atoms with van der Waals surface area (Å²) < 4.78 is 3.07. The van der Waals surface area contributed by atoms with Crippen LogP contribution in [0.4, 0.5) is 5.82 Å². The molecule has 0 spiro atoms. The van der Waals surface area contributed by atoms with Crippen LogP contribution in [-0.2, 0) is 6.54 Å². The second-order valence-corrected chi connectivity index (χ2v) is 5.15. The van der Waals surface area contributed by atoms with Gasteiger partial charge in [-0.2, -0.15) is 10.2 Å². The SMILES string of the molecule is CCCn1nc(C(=O)Nc2ccnn2C(C)CC)ccc1=O. The van der Waals surface area contributed by atoms with Crippen LogP contribution in [0.5, 0.6) is 0 Å². The van der Waals surface area contributed by atoms with Crippen LogP contribution < -0.4 is 10.9 Å². The predicted octanol–water partition coefficient (Wildman–Crippen LogP) is 2.07. The van der Waals surface area contributed by atoms with Crippen molar-refractivity contribution in [1.29, 1.82) is 0 Å². The lowest BCUT2D eigenvalue weighted by atomic mass is 10.3. The fraction of sp³-hybridized carbons (Fsp3) is 0.467. The Bertz CT molecular complexity index is 704. The van der Waals surface area contributed by atoms with Gasteiger partial charge in [0.25, 0.3) is 11.5 Å². The van der Waals surface area contributed by atoms with E-state index in [1.165, 1.54) is 16.8 Å². The molecule has 0 aromatic carbocycles. The minimum Gasteiger partial charge on any atom is -0.305 e. The zero-order chi connectivity index (χ0) is 16.1. The molecule has 0 fully saturated rings. The van der Waals surface area contributed by atoms with Crippen LogP contribution in [0.15, 0.2) is 29.2 Å². The lowest BCUT2D eigenvalue weighted by Gasteiger charge is -2.14. The number of carbonyl (C=O) groups is 1. The zero-order valence-corrected chi connectivity index (χ0v) is 13.1. The van der Waals surface area contributed by atoms with Crippen LogP contribution >= 0.6 is 0 Å². The number of aryl methyl sites for hydroxylation is 1. The molecule has 2 rings (SSSR count). The van der Waals surface area contributed by atoms with Crippen molar-refractivity contribution < 1.29 is 4.79 Å². The number of hydrogen-bond acceptors (Lipinski definition) is 4. The molecule has 1 N–H and O–H groups in total. The van der Waals surface area contributed by atoms with Gasteiger partial charge < -0.3 is 5.32 Å². The Morgan fingerprint density at radius 1 is 1.32 bits per heavy atom. The average molecular weight is 303 g/mol. The van der Waals surface area contributed by atoms with Gasteiger partial charge in [0, 0.05) is 18.7 Å². The first-order valence-electron chi connectivity index (χ1n) is 7.49. The van der Waals surface area contributed by atoms with E-state index in [1.54, 1.807) is 16.9 Å². The second-order valence-electron chi connectivity index (χ2n) is 5.15. The van der Waals surface area contributed by atoms with E-state index in [0.717, 1.165) is 12.8 Å². The highest BCUT2D eigenvalue weighted by molar-refractivity contribution is 6.02. The van der Waals surface area contributed by atoms with Gasteiger partial charge in [0.15, 0.2) is 0 Å². The monoisotopic (exact) mass is 303 g/mol. The molecule has 7 heteroatoms. The smallest absolute Gasteiger partial charge is 0.277 e. The van der Waals surface area contributed by atoms with Crippen molar-refractivity contribution >= 4 is 11.7 Å². The molecule has 22 heavy (non-hydrogen) atoms. The van der Waals surface area contributed by atoms with Crippen molar-refractivity contribution in [2.75, 3.05) is 5.32 Å². The minimum absolute atomic E-state index is 0.187. The summed E-state index contributed by atoms with van der Waals surface area (Å²) in [5.41, 5.74) is 0.00741. The lowest BCUT2D eigenvalue weighted by molar-refractivity contribution is 0.101. The van der Waals surface area contributed by atoms with Gasteiger partial charge in [-0.05, 0) is 25.8 Å². The molecule has 0 radical (unpaired) electrons. The fourth-order valence-corrected chi connectivity index (χ4v) is 2.06. The van der Waals surface area contributed by atoms with Crippen LogP contribution in [-0.4, -0.2) is 25.5 Å². The van der Waals surface area contributed by atoms with E-state index in [0.29, 0.717) is 12.4 Å². The highest BCUT2D eigenvalue weighted by atomic mass is 16.2. The Hall–Kier alpha value is -2.44. The van der Waals surface area contributed by atoms with E-state index in [2.05, 4.69) is 22.4 Å². The molecule has 2 heterocycles. The van der Waals surface area contributed by atoms with E-state index in [9.17, 15) is 9.59 Å². The summed E-state index contributed by atoms with van der Waals surface area (Å²) in [4.78, 5) is 24.0. The summed E-state index contributed by atoms with van der Waals surface area (Å²) in [6.07, 6.45) is 3.33. The van der Waals surface area contributed by atoms with Gasteiger partial charge in [0.2, 0.25) is 0 Å². The maximum Gasteiger partial charge on any atom is 0.277 e. The Kier molecular flexibility index (Phi) is 5.08. The highest BCUT2D eigenvalue weighted by Crippen LogP contribution is 2.16. The first kappa shape index (κ1) is 15.9. The van der Waals surface area contributed by atoms with Gasteiger partial charge in [0.05, 0.1) is 12.2 Å². The molecule has 0 saturated carbocycles. The number of hydrogen-bond donors (Lipinski definition) is 1. The normalized spacial score (nSPS) is 12.1. The molecule has 0 aliphatic carbocycles.